The van der Waals surface area contributed by atoms with Crippen molar-refractivity contribution < 1.29 is 14.3 Å². The van der Waals surface area contributed by atoms with E-state index in [9.17, 15) is 9.59 Å². The molecule has 0 bridgehead atoms. The van der Waals surface area contributed by atoms with E-state index in [2.05, 4.69) is 20.6 Å². The van der Waals surface area contributed by atoms with Gasteiger partial charge in [-0.1, -0.05) is 0 Å². The first-order chi connectivity index (χ1) is 14.8. The molecule has 1 amide bonds. The van der Waals surface area contributed by atoms with Gasteiger partial charge in [0.15, 0.2) is 11.2 Å². The van der Waals surface area contributed by atoms with E-state index in [1.807, 2.05) is 6.07 Å². The second-order valence-electron chi connectivity index (χ2n) is 8.36. The Bertz CT molecular complexity index is 1240. The summed E-state index contributed by atoms with van der Waals surface area (Å²) in [6.45, 7) is 4.69. The Morgan fingerprint density at radius 2 is 2.00 bits per heavy atom. The zero-order valence-corrected chi connectivity index (χ0v) is 17.6. The molecule has 1 fully saturated rings. The van der Waals surface area contributed by atoms with Gasteiger partial charge in [-0.15, -0.1) is 0 Å². The summed E-state index contributed by atoms with van der Waals surface area (Å²) in [6.07, 6.45) is 3.20. The van der Waals surface area contributed by atoms with Crippen molar-refractivity contribution in [2.24, 2.45) is 7.05 Å². The van der Waals surface area contributed by atoms with Crippen molar-refractivity contribution in [1.29, 1.82) is 0 Å². The molecule has 3 aromatic rings. The predicted octanol–water partition coefficient (Wildman–Crippen LogP) is 2.33. The van der Waals surface area contributed by atoms with Gasteiger partial charge in [-0.3, -0.25) is 13.9 Å². The molecule has 1 aromatic carbocycles. The molecule has 10 nitrogen and oxygen atoms in total. The van der Waals surface area contributed by atoms with Crippen LogP contribution in [0.5, 0.6) is 5.75 Å². The molecular weight excluding hydrogens is 400 g/mol. The number of ether oxygens (including phenoxy) is 2. The van der Waals surface area contributed by atoms with Crippen LogP contribution in [0.25, 0.3) is 11.2 Å². The molecule has 4 heterocycles. The minimum atomic E-state index is -0.954. The van der Waals surface area contributed by atoms with Crippen LogP contribution in [-0.2, 0) is 16.6 Å². The Kier molecular flexibility index (Phi) is 4.47. The standard InChI is InChI=1S/C21H24N6O4/c1-21(2)18(28)24-14-5-4-12(10-16(14)31-21)23-19-22-11-15-17(25-19)27(20(29)26(15)3)13-6-8-30-9-7-13/h4-5,10-11,13H,6-9H2,1-3H3,(H,24,28)(H,22,23,25). The topological polar surface area (TPSA) is 112 Å². The maximum atomic E-state index is 12.9. The van der Waals surface area contributed by atoms with E-state index in [4.69, 9.17) is 9.47 Å². The van der Waals surface area contributed by atoms with Gasteiger partial charge in [-0.05, 0) is 38.8 Å². The first-order valence-electron chi connectivity index (χ1n) is 10.3. The second kappa shape index (κ2) is 7.09. The van der Waals surface area contributed by atoms with Crippen LogP contribution >= 0.6 is 0 Å². The number of nitrogens with zero attached hydrogens (tertiary/aromatic N) is 4. The summed E-state index contributed by atoms with van der Waals surface area (Å²) in [7, 11) is 1.73. The SMILES string of the molecule is Cn1c(=O)n(C2CCOCC2)c2nc(Nc3ccc4c(c3)OC(C)(C)C(=O)N4)ncc21. The summed E-state index contributed by atoms with van der Waals surface area (Å²) in [5.74, 6) is 0.747. The minimum absolute atomic E-state index is 0.0516. The van der Waals surface area contributed by atoms with Gasteiger partial charge in [0.25, 0.3) is 5.91 Å². The number of hydrogen-bond donors (Lipinski definition) is 2. The van der Waals surface area contributed by atoms with Gasteiger partial charge in [-0.25, -0.2) is 9.78 Å². The Hall–Kier alpha value is -3.40. The molecule has 5 rings (SSSR count). The number of anilines is 3. The molecule has 0 unspecified atom stereocenters. The molecule has 2 aliphatic heterocycles. The lowest BCUT2D eigenvalue weighted by molar-refractivity contribution is -0.129. The van der Waals surface area contributed by atoms with E-state index in [1.54, 1.807) is 48.4 Å². The maximum absolute atomic E-state index is 12.9. The van der Waals surface area contributed by atoms with Crippen molar-refractivity contribution in [3.05, 3.63) is 34.9 Å². The number of aryl methyl sites for hydroxylation is 1. The van der Waals surface area contributed by atoms with Crippen molar-refractivity contribution in [2.45, 2.75) is 38.3 Å². The number of amides is 1. The highest BCUT2D eigenvalue weighted by molar-refractivity contribution is 6.00. The fourth-order valence-electron chi connectivity index (χ4n) is 3.98. The quantitative estimate of drug-likeness (QED) is 0.664. The smallest absolute Gasteiger partial charge is 0.330 e. The Morgan fingerprint density at radius 3 is 2.77 bits per heavy atom. The normalized spacial score (nSPS) is 18.4. The van der Waals surface area contributed by atoms with Crippen LogP contribution in [0, 0.1) is 0 Å². The highest BCUT2D eigenvalue weighted by Gasteiger charge is 2.35. The van der Waals surface area contributed by atoms with Crippen LogP contribution in [-0.4, -0.2) is 43.8 Å². The van der Waals surface area contributed by atoms with Crippen LogP contribution < -0.4 is 21.1 Å². The van der Waals surface area contributed by atoms with Gasteiger partial charge < -0.3 is 20.1 Å². The third-order valence-corrected chi connectivity index (χ3v) is 5.79. The molecule has 1 saturated heterocycles. The van der Waals surface area contributed by atoms with Crippen molar-refractivity contribution in [2.75, 3.05) is 23.8 Å². The highest BCUT2D eigenvalue weighted by Crippen LogP contribution is 2.36. The number of aromatic nitrogens is 4. The average molecular weight is 424 g/mol. The Morgan fingerprint density at radius 1 is 1.23 bits per heavy atom. The molecule has 31 heavy (non-hydrogen) atoms. The van der Waals surface area contributed by atoms with Crippen LogP contribution in [0.2, 0.25) is 0 Å². The molecule has 0 spiro atoms. The van der Waals surface area contributed by atoms with Gasteiger partial charge in [0, 0.05) is 38.1 Å². The number of nitrogens with one attached hydrogen (secondary N) is 2. The molecular formula is C21H24N6O4. The lowest BCUT2D eigenvalue weighted by Crippen LogP contribution is -2.45. The average Bonchev–Trinajstić information content (AvgIpc) is 2.99. The number of hydrogen-bond acceptors (Lipinski definition) is 7. The van der Waals surface area contributed by atoms with Crippen LogP contribution in [0.1, 0.15) is 32.7 Å². The van der Waals surface area contributed by atoms with Gasteiger partial charge in [0.1, 0.15) is 11.3 Å². The number of carbonyl (C=O) groups is 1. The lowest BCUT2D eigenvalue weighted by Gasteiger charge is -2.31. The van der Waals surface area contributed by atoms with Crippen molar-refractivity contribution in [3.63, 3.8) is 0 Å². The molecule has 0 atom stereocenters. The van der Waals surface area contributed by atoms with E-state index in [0.29, 0.717) is 47.5 Å². The number of carbonyl (C=O) groups excluding carboxylic acids is 1. The molecule has 2 aromatic heterocycles. The molecule has 2 N–H and O–H groups in total. The fraction of sp³-hybridized carbons (Fsp3) is 0.429. The van der Waals surface area contributed by atoms with Crippen molar-refractivity contribution in [1.82, 2.24) is 19.1 Å². The summed E-state index contributed by atoms with van der Waals surface area (Å²) in [6, 6.07) is 5.42. The molecule has 162 valence electrons. The van der Waals surface area contributed by atoms with E-state index in [-0.39, 0.29) is 17.6 Å². The summed E-state index contributed by atoms with van der Waals surface area (Å²) < 4.78 is 14.6. The van der Waals surface area contributed by atoms with Crippen LogP contribution in [0.4, 0.5) is 17.3 Å². The number of benzene rings is 1. The van der Waals surface area contributed by atoms with Gasteiger partial charge in [0.05, 0.1) is 11.9 Å². The van der Waals surface area contributed by atoms with Crippen LogP contribution in [0.15, 0.2) is 29.2 Å². The summed E-state index contributed by atoms with van der Waals surface area (Å²) in [5, 5.41) is 6.02. The Balaban J connectivity index is 1.49. The molecule has 2 aliphatic rings. The van der Waals surface area contributed by atoms with Gasteiger partial charge >= 0.3 is 5.69 Å². The van der Waals surface area contributed by atoms with Crippen molar-refractivity contribution in [3.8, 4) is 5.75 Å². The van der Waals surface area contributed by atoms with E-state index in [0.717, 1.165) is 12.8 Å². The van der Waals surface area contributed by atoms with E-state index in [1.165, 1.54) is 0 Å². The molecule has 0 saturated carbocycles. The number of fused-ring (bicyclic) bond motifs is 2. The maximum Gasteiger partial charge on any atom is 0.330 e. The first kappa shape index (κ1) is 19.6. The Labute approximate surface area is 178 Å². The van der Waals surface area contributed by atoms with Gasteiger partial charge in [0.2, 0.25) is 5.95 Å². The molecule has 0 radical (unpaired) electrons. The number of imidazole rings is 1. The van der Waals surface area contributed by atoms with Crippen molar-refractivity contribution >= 4 is 34.4 Å². The summed E-state index contributed by atoms with van der Waals surface area (Å²) >= 11 is 0. The summed E-state index contributed by atoms with van der Waals surface area (Å²) in [4.78, 5) is 33.9. The van der Waals surface area contributed by atoms with E-state index >= 15 is 0 Å². The first-order valence-corrected chi connectivity index (χ1v) is 10.3. The zero-order valence-electron chi connectivity index (χ0n) is 17.6. The molecule has 10 heteroatoms. The lowest BCUT2D eigenvalue weighted by atomic mass is 10.1. The van der Waals surface area contributed by atoms with Crippen LogP contribution in [0.3, 0.4) is 0 Å². The summed E-state index contributed by atoms with van der Waals surface area (Å²) in [5.41, 5.74) is 1.54. The molecule has 0 aliphatic carbocycles. The van der Waals surface area contributed by atoms with Gasteiger partial charge in [-0.2, -0.15) is 4.98 Å². The fourth-order valence-corrected chi connectivity index (χ4v) is 3.98. The van der Waals surface area contributed by atoms with E-state index < -0.39 is 5.60 Å². The number of rotatable bonds is 3. The third kappa shape index (κ3) is 3.32. The second-order valence-corrected chi connectivity index (χ2v) is 8.36. The largest absolute Gasteiger partial charge is 0.476 e. The third-order valence-electron chi connectivity index (χ3n) is 5.79. The minimum Gasteiger partial charge on any atom is -0.476 e. The predicted molar refractivity (Wildman–Crippen MR) is 115 cm³/mol. The zero-order chi connectivity index (χ0) is 21.8. The highest BCUT2D eigenvalue weighted by atomic mass is 16.5. The monoisotopic (exact) mass is 424 g/mol.